The molecule has 1 aromatic heterocycles. The minimum absolute atomic E-state index is 0.0344. The topological polar surface area (TPSA) is 82.8 Å². The maximum atomic E-state index is 12.4. The van der Waals surface area contributed by atoms with Crippen LogP contribution < -0.4 is 4.90 Å². The van der Waals surface area contributed by atoms with Crippen molar-refractivity contribution in [3.63, 3.8) is 0 Å². The highest BCUT2D eigenvalue weighted by molar-refractivity contribution is 5.94. The molecule has 0 saturated carbocycles. The number of piperazine rings is 1. The number of benzene rings is 1. The minimum Gasteiger partial charge on any atom is -0.408 e. The fraction of sp³-hybridized carbons (Fsp3) is 0.400. The van der Waals surface area contributed by atoms with E-state index in [4.69, 9.17) is 4.42 Å². The zero-order chi connectivity index (χ0) is 20.1. The molecular weight excluding hydrogens is 358 g/mol. The lowest BCUT2D eigenvalue weighted by Crippen LogP contribution is -2.48. The fourth-order valence-corrected chi connectivity index (χ4v) is 2.90. The lowest BCUT2D eigenvalue weighted by molar-refractivity contribution is -0.126. The van der Waals surface area contributed by atoms with Crippen molar-refractivity contribution < 1.29 is 14.0 Å². The summed E-state index contributed by atoms with van der Waals surface area (Å²) >= 11 is 0. The summed E-state index contributed by atoms with van der Waals surface area (Å²) in [5.41, 5.74) is 1.50. The molecule has 1 saturated heterocycles. The van der Waals surface area contributed by atoms with Gasteiger partial charge < -0.3 is 19.1 Å². The molecular formula is C20H25N5O3. The quantitative estimate of drug-likeness (QED) is 0.731. The van der Waals surface area contributed by atoms with E-state index in [1.165, 1.54) is 4.90 Å². The average Bonchev–Trinajstić information content (AvgIpc) is 3.21. The van der Waals surface area contributed by atoms with Gasteiger partial charge in [0.25, 0.3) is 5.91 Å². The first kappa shape index (κ1) is 19.6. The molecule has 2 aromatic rings. The first-order valence-corrected chi connectivity index (χ1v) is 9.34. The summed E-state index contributed by atoms with van der Waals surface area (Å²) in [6, 6.07) is 7.71. The molecule has 1 aliphatic heterocycles. The van der Waals surface area contributed by atoms with Crippen LogP contribution in [0.15, 0.2) is 34.8 Å². The van der Waals surface area contributed by atoms with Crippen LogP contribution in [0.5, 0.6) is 0 Å². The van der Waals surface area contributed by atoms with Gasteiger partial charge in [-0.3, -0.25) is 9.59 Å². The van der Waals surface area contributed by atoms with Crippen LogP contribution in [0.4, 0.5) is 6.01 Å². The molecule has 0 radical (unpaired) electrons. The van der Waals surface area contributed by atoms with Gasteiger partial charge in [-0.1, -0.05) is 24.2 Å². The van der Waals surface area contributed by atoms with Gasteiger partial charge in [-0.25, -0.2) is 0 Å². The van der Waals surface area contributed by atoms with Gasteiger partial charge >= 0.3 is 6.01 Å². The summed E-state index contributed by atoms with van der Waals surface area (Å²) in [6.07, 6.45) is 4.05. The van der Waals surface area contributed by atoms with Crippen LogP contribution in [-0.4, -0.2) is 72.1 Å². The standard InChI is InChI=1S/C20H25N5O3/c1-4-17-21-22-20(28-17)25-13-11-24(12-14-25)18(26)10-7-15-5-8-16(9-6-15)19(27)23(2)3/h5-10H,4,11-14H2,1-3H3/b10-7+. The Morgan fingerprint density at radius 2 is 1.79 bits per heavy atom. The van der Waals surface area contributed by atoms with E-state index < -0.39 is 0 Å². The second kappa shape index (κ2) is 8.69. The molecule has 2 heterocycles. The third-order valence-corrected chi connectivity index (χ3v) is 4.60. The Kier molecular flexibility index (Phi) is 6.08. The van der Waals surface area contributed by atoms with Gasteiger partial charge in [-0.15, -0.1) is 5.10 Å². The number of aryl methyl sites for hydroxylation is 1. The molecule has 0 atom stereocenters. The smallest absolute Gasteiger partial charge is 0.318 e. The number of rotatable bonds is 5. The van der Waals surface area contributed by atoms with Gasteiger partial charge in [0, 0.05) is 58.3 Å². The molecule has 1 aliphatic rings. The number of hydrogen-bond donors (Lipinski definition) is 0. The summed E-state index contributed by atoms with van der Waals surface area (Å²) in [4.78, 5) is 29.7. The van der Waals surface area contributed by atoms with Crippen molar-refractivity contribution in [3.05, 3.63) is 47.4 Å². The second-order valence-corrected chi connectivity index (χ2v) is 6.80. The molecule has 28 heavy (non-hydrogen) atoms. The largest absolute Gasteiger partial charge is 0.408 e. The van der Waals surface area contributed by atoms with Crippen molar-refractivity contribution in [2.24, 2.45) is 0 Å². The number of carbonyl (C=O) groups is 2. The van der Waals surface area contributed by atoms with Crippen LogP contribution in [0, 0.1) is 0 Å². The Morgan fingerprint density at radius 3 is 2.36 bits per heavy atom. The number of amides is 2. The highest BCUT2D eigenvalue weighted by Gasteiger charge is 2.23. The summed E-state index contributed by atoms with van der Waals surface area (Å²) in [5, 5.41) is 8.03. The monoisotopic (exact) mass is 383 g/mol. The highest BCUT2D eigenvalue weighted by atomic mass is 16.4. The summed E-state index contributed by atoms with van der Waals surface area (Å²) in [5.74, 6) is 0.541. The van der Waals surface area contributed by atoms with E-state index in [0.717, 1.165) is 5.56 Å². The summed E-state index contributed by atoms with van der Waals surface area (Å²) in [6.45, 7) is 4.49. The molecule has 2 amide bonds. The molecule has 0 unspecified atom stereocenters. The Hall–Kier alpha value is -3.16. The minimum atomic E-state index is -0.0446. The number of hydrogen-bond acceptors (Lipinski definition) is 6. The summed E-state index contributed by atoms with van der Waals surface area (Å²) < 4.78 is 5.57. The first-order valence-electron chi connectivity index (χ1n) is 9.34. The van der Waals surface area contributed by atoms with E-state index in [9.17, 15) is 9.59 Å². The maximum Gasteiger partial charge on any atom is 0.318 e. The molecule has 0 spiro atoms. The van der Waals surface area contributed by atoms with Gasteiger partial charge in [0.05, 0.1) is 0 Å². The zero-order valence-electron chi connectivity index (χ0n) is 16.5. The Balaban J connectivity index is 1.53. The molecule has 8 heteroatoms. The number of carbonyl (C=O) groups excluding carboxylic acids is 2. The predicted molar refractivity (Wildman–Crippen MR) is 106 cm³/mol. The molecule has 148 valence electrons. The van der Waals surface area contributed by atoms with E-state index in [-0.39, 0.29) is 11.8 Å². The Bertz CT molecular complexity index is 849. The van der Waals surface area contributed by atoms with Crippen molar-refractivity contribution in [3.8, 4) is 0 Å². The Morgan fingerprint density at radius 1 is 1.11 bits per heavy atom. The summed E-state index contributed by atoms with van der Waals surface area (Å²) in [7, 11) is 3.44. The second-order valence-electron chi connectivity index (χ2n) is 6.80. The van der Waals surface area contributed by atoms with Gasteiger partial charge in [0.1, 0.15) is 0 Å². The lowest BCUT2D eigenvalue weighted by atomic mass is 10.1. The van der Waals surface area contributed by atoms with Crippen LogP contribution in [0.1, 0.15) is 28.7 Å². The van der Waals surface area contributed by atoms with E-state index in [1.54, 1.807) is 43.3 Å². The van der Waals surface area contributed by atoms with Crippen LogP contribution in [0.25, 0.3) is 6.08 Å². The molecule has 8 nitrogen and oxygen atoms in total. The molecule has 0 bridgehead atoms. The van der Waals surface area contributed by atoms with E-state index in [2.05, 4.69) is 10.2 Å². The van der Waals surface area contributed by atoms with Crippen LogP contribution in [-0.2, 0) is 11.2 Å². The number of nitrogens with zero attached hydrogens (tertiary/aromatic N) is 5. The van der Waals surface area contributed by atoms with Crippen molar-refractivity contribution in [1.82, 2.24) is 20.0 Å². The van der Waals surface area contributed by atoms with E-state index >= 15 is 0 Å². The predicted octanol–water partition coefficient (Wildman–Crippen LogP) is 1.70. The van der Waals surface area contributed by atoms with Crippen LogP contribution in [0.2, 0.25) is 0 Å². The van der Waals surface area contributed by atoms with Gasteiger partial charge in [-0.2, -0.15) is 0 Å². The van der Waals surface area contributed by atoms with Crippen molar-refractivity contribution in [1.29, 1.82) is 0 Å². The number of anilines is 1. The first-order chi connectivity index (χ1) is 13.5. The van der Waals surface area contributed by atoms with Gasteiger partial charge in [-0.05, 0) is 23.8 Å². The molecule has 1 aromatic carbocycles. The maximum absolute atomic E-state index is 12.4. The van der Waals surface area contributed by atoms with Crippen LogP contribution in [0.3, 0.4) is 0 Å². The van der Waals surface area contributed by atoms with Gasteiger partial charge in [0.15, 0.2) is 0 Å². The van der Waals surface area contributed by atoms with Crippen molar-refractivity contribution in [2.45, 2.75) is 13.3 Å². The zero-order valence-corrected chi connectivity index (χ0v) is 16.5. The normalized spacial score (nSPS) is 14.5. The molecule has 0 aliphatic carbocycles. The van der Waals surface area contributed by atoms with Crippen molar-refractivity contribution >= 4 is 23.9 Å². The van der Waals surface area contributed by atoms with Crippen molar-refractivity contribution in [2.75, 3.05) is 45.2 Å². The van der Waals surface area contributed by atoms with E-state index in [1.807, 2.05) is 24.0 Å². The number of aromatic nitrogens is 2. The average molecular weight is 383 g/mol. The molecule has 3 rings (SSSR count). The fourth-order valence-electron chi connectivity index (χ4n) is 2.90. The molecule has 1 fully saturated rings. The third kappa shape index (κ3) is 4.57. The molecule has 0 N–H and O–H groups in total. The lowest BCUT2D eigenvalue weighted by Gasteiger charge is -2.33. The van der Waals surface area contributed by atoms with Crippen LogP contribution >= 0.6 is 0 Å². The third-order valence-electron chi connectivity index (χ3n) is 4.60. The Labute approximate surface area is 164 Å². The van der Waals surface area contributed by atoms with E-state index in [0.29, 0.717) is 50.1 Å². The SMILES string of the molecule is CCc1nnc(N2CCN(C(=O)/C=C/c3ccc(C(=O)N(C)C)cc3)CC2)o1. The highest BCUT2D eigenvalue weighted by Crippen LogP contribution is 2.15. The van der Waals surface area contributed by atoms with Gasteiger partial charge in [0.2, 0.25) is 11.8 Å².